The lowest BCUT2D eigenvalue weighted by Gasteiger charge is -2.14. The molecule has 0 saturated carbocycles. The number of hydrogen-bond donors (Lipinski definition) is 4. The van der Waals surface area contributed by atoms with E-state index in [9.17, 15) is 9.59 Å². The van der Waals surface area contributed by atoms with Gasteiger partial charge in [-0.25, -0.2) is 0 Å². The fraction of sp³-hybridized carbons (Fsp3) is 0.429. The van der Waals surface area contributed by atoms with Crippen molar-refractivity contribution in [1.82, 2.24) is 5.32 Å². The van der Waals surface area contributed by atoms with Gasteiger partial charge in [-0.05, 0) is 24.3 Å². The van der Waals surface area contributed by atoms with E-state index in [2.05, 4.69) is 26.6 Å². The molecule has 1 amide bonds. The number of anilines is 1. The number of carboxylic acid groups (broad SMARTS) is 1. The zero-order valence-electron chi connectivity index (χ0n) is 11.9. The molecule has 4 N–H and O–H groups in total. The van der Waals surface area contributed by atoms with E-state index >= 15 is 0 Å². The predicted molar refractivity (Wildman–Crippen MR) is 84.7 cm³/mol. The number of nitrogens with one attached hydrogen (secondary N) is 2. The van der Waals surface area contributed by atoms with Crippen molar-refractivity contribution in [2.45, 2.75) is 12.5 Å². The van der Waals surface area contributed by atoms with Gasteiger partial charge in [-0.15, -0.1) is 0 Å². The lowest BCUT2D eigenvalue weighted by atomic mass is 10.2. The molecule has 0 fully saturated rings. The molecule has 0 saturated heterocycles. The summed E-state index contributed by atoms with van der Waals surface area (Å²) in [6.45, 7) is 0.655. The molecule has 0 aliphatic rings. The minimum Gasteiger partial charge on any atom is -0.480 e. The number of carbonyl (C=O) groups excluding carboxylic acids is 1. The van der Waals surface area contributed by atoms with Gasteiger partial charge in [0.2, 0.25) is 5.91 Å². The molecule has 0 unspecified atom stereocenters. The third-order valence-electron chi connectivity index (χ3n) is 2.69. The SMILES string of the molecule is O=C(C[C@H](NCCOCCO)C(=O)O)Nc1ccc(Br)cc1. The highest BCUT2D eigenvalue weighted by atomic mass is 79.9. The van der Waals surface area contributed by atoms with Crippen LogP contribution < -0.4 is 10.6 Å². The molecule has 0 heterocycles. The van der Waals surface area contributed by atoms with Crippen LogP contribution in [-0.4, -0.2) is 54.5 Å². The summed E-state index contributed by atoms with van der Waals surface area (Å²) in [6, 6.07) is 6.00. The zero-order chi connectivity index (χ0) is 16.4. The number of halogens is 1. The van der Waals surface area contributed by atoms with Crippen molar-refractivity contribution in [1.29, 1.82) is 0 Å². The molecule has 0 radical (unpaired) electrons. The van der Waals surface area contributed by atoms with Crippen molar-refractivity contribution in [2.75, 3.05) is 31.7 Å². The Balaban J connectivity index is 2.39. The summed E-state index contributed by atoms with van der Waals surface area (Å²) in [4.78, 5) is 23.0. The van der Waals surface area contributed by atoms with Crippen molar-refractivity contribution >= 4 is 33.5 Å². The van der Waals surface area contributed by atoms with Crippen LogP contribution in [0.25, 0.3) is 0 Å². The second kappa shape index (κ2) is 10.3. The molecule has 0 bridgehead atoms. The first-order valence-corrected chi connectivity index (χ1v) is 7.52. The molecule has 0 aliphatic heterocycles. The van der Waals surface area contributed by atoms with Gasteiger partial charge >= 0.3 is 5.97 Å². The van der Waals surface area contributed by atoms with E-state index in [1.165, 1.54) is 0 Å². The molecule has 8 heteroatoms. The summed E-state index contributed by atoms with van der Waals surface area (Å²) in [6.07, 6.45) is -0.189. The summed E-state index contributed by atoms with van der Waals surface area (Å²) < 4.78 is 5.90. The van der Waals surface area contributed by atoms with Crippen LogP contribution in [0.4, 0.5) is 5.69 Å². The number of ether oxygens (including phenoxy) is 1. The molecule has 1 rings (SSSR count). The number of hydrogen-bond acceptors (Lipinski definition) is 5. The maximum Gasteiger partial charge on any atom is 0.321 e. The number of aliphatic hydroxyl groups excluding tert-OH is 1. The molecular formula is C14H19BrN2O5. The molecule has 1 atom stereocenters. The van der Waals surface area contributed by atoms with Gasteiger partial charge in [0.15, 0.2) is 0 Å². The normalized spacial score (nSPS) is 11.9. The standard InChI is InChI=1S/C14H19BrN2O5/c15-10-1-3-11(4-2-10)17-13(19)9-12(14(20)21)16-5-7-22-8-6-18/h1-4,12,16,18H,5-9H2,(H,17,19)(H,20,21)/t12-/m0/s1. The predicted octanol–water partition coefficient (Wildman–Crippen LogP) is 0.829. The Labute approximate surface area is 136 Å². The molecule has 1 aromatic rings. The first kappa shape index (κ1) is 18.6. The Bertz CT molecular complexity index is 481. The number of aliphatic hydroxyl groups is 1. The van der Waals surface area contributed by atoms with E-state index in [0.29, 0.717) is 5.69 Å². The second-order valence-electron chi connectivity index (χ2n) is 4.44. The number of carbonyl (C=O) groups is 2. The van der Waals surface area contributed by atoms with Crippen molar-refractivity contribution in [3.63, 3.8) is 0 Å². The van der Waals surface area contributed by atoms with Crippen LogP contribution in [0.15, 0.2) is 28.7 Å². The molecule has 1 aromatic carbocycles. The second-order valence-corrected chi connectivity index (χ2v) is 5.36. The third kappa shape index (κ3) is 7.51. The quantitative estimate of drug-likeness (QED) is 0.451. The highest BCUT2D eigenvalue weighted by Gasteiger charge is 2.20. The smallest absolute Gasteiger partial charge is 0.321 e. The molecular weight excluding hydrogens is 356 g/mol. The van der Waals surface area contributed by atoms with E-state index in [0.717, 1.165) is 4.47 Å². The maximum absolute atomic E-state index is 11.9. The number of benzene rings is 1. The van der Waals surface area contributed by atoms with Crippen molar-refractivity contribution in [3.05, 3.63) is 28.7 Å². The van der Waals surface area contributed by atoms with E-state index < -0.39 is 17.9 Å². The van der Waals surface area contributed by atoms with Gasteiger partial charge in [0.1, 0.15) is 6.04 Å². The summed E-state index contributed by atoms with van der Waals surface area (Å²) >= 11 is 3.29. The van der Waals surface area contributed by atoms with Crippen LogP contribution in [0.2, 0.25) is 0 Å². The van der Waals surface area contributed by atoms with Gasteiger partial charge in [0.25, 0.3) is 0 Å². The molecule has 0 spiro atoms. The third-order valence-corrected chi connectivity index (χ3v) is 3.22. The fourth-order valence-electron chi connectivity index (χ4n) is 1.65. The Morgan fingerprint density at radius 3 is 2.50 bits per heavy atom. The van der Waals surface area contributed by atoms with Crippen molar-refractivity contribution in [3.8, 4) is 0 Å². The summed E-state index contributed by atoms with van der Waals surface area (Å²) in [7, 11) is 0. The number of carboxylic acids is 1. The maximum atomic E-state index is 11.9. The first-order valence-electron chi connectivity index (χ1n) is 6.73. The molecule has 7 nitrogen and oxygen atoms in total. The minimum absolute atomic E-state index is 0.0854. The van der Waals surface area contributed by atoms with Crippen LogP contribution in [0.5, 0.6) is 0 Å². The first-order chi connectivity index (χ1) is 10.5. The van der Waals surface area contributed by atoms with Crippen molar-refractivity contribution < 1.29 is 24.5 Å². The average Bonchev–Trinajstić information content (AvgIpc) is 2.48. The van der Waals surface area contributed by atoms with Crippen LogP contribution in [0.3, 0.4) is 0 Å². The van der Waals surface area contributed by atoms with E-state index in [4.69, 9.17) is 14.9 Å². The van der Waals surface area contributed by atoms with E-state index in [1.54, 1.807) is 24.3 Å². The van der Waals surface area contributed by atoms with Gasteiger partial charge < -0.3 is 25.6 Å². The average molecular weight is 375 g/mol. The van der Waals surface area contributed by atoms with Gasteiger partial charge in [-0.3, -0.25) is 9.59 Å². The van der Waals surface area contributed by atoms with Crippen LogP contribution in [0.1, 0.15) is 6.42 Å². The molecule has 22 heavy (non-hydrogen) atoms. The summed E-state index contributed by atoms with van der Waals surface area (Å²) in [5.41, 5.74) is 0.601. The Morgan fingerprint density at radius 1 is 1.23 bits per heavy atom. The van der Waals surface area contributed by atoms with Crippen LogP contribution >= 0.6 is 15.9 Å². The topological polar surface area (TPSA) is 108 Å². The molecule has 122 valence electrons. The van der Waals surface area contributed by atoms with Crippen molar-refractivity contribution in [2.24, 2.45) is 0 Å². The van der Waals surface area contributed by atoms with E-state index in [1.807, 2.05) is 0 Å². The fourth-order valence-corrected chi connectivity index (χ4v) is 1.91. The van der Waals surface area contributed by atoms with Gasteiger partial charge in [-0.1, -0.05) is 15.9 Å². The van der Waals surface area contributed by atoms with E-state index in [-0.39, 0.29) is 32.8 Å². The Morgan fingerprint density at radius 2 is 1.91 bits per heavy atom. The van der Waals surface area contributed by atoms with Crippen LogP contribution in [-0.2, 0) is 14.3 Å². The minimum atomic E-state index is -1.10. The van der Waals surface area contributed by atoms with Gasteiger partial charge in [-0.2, -0.15) is 0 Å². The zero-order valence-corrected chi connectivity index (χ0v) is 13.5. The molecule has 0 aromatic heterocycles. The van der Waals surface area contributed by atoms with Gasteiger partial charge in [0, 0.05) is 16.7 Å². The largest absolute Gasteiger partial charge is 0.480 e. The van der Waals surface area contributed by atoms with Gasteiger partial charge in [0.05, 0.1) is 26.2 Å². The highest BCUT2D eigenvalue weighted by molar-refractivity contribution is 9.10. The summed E-state index contributed by atoms with van der Waals surface area (Å²) in [5.74, 6) is -1.49. The summed E-state index contributed by atoms with van der Waals surface area (Å²) in [5, 5.41) is 23.0. The Hall–Kier alpha value is -1.48. The lowest BCUT2D eigenvalue weighted by molar-refractivity contribution is -0.141. The molecule has 0 aliphatic carbocycles. The number of amides is 1. The monoisotopic (exact) mass is 374 g/mol. The lowest BCUT2D eigenvalue weighted by Crippen LogP contribution is -2.41. The highest BCUT2D eigenvalue weighted by Crippen LogP contribution is 2.14. The van der Waals surface area contributed by atoms with Crippen LogP contribution in [0, 0.1) is 0 Å². The number of aliphatic carboxylic acids is 1. The number of rotatable bonds is 10. The Kier molecular flexibility index (Phi) is 8.68.